The molecule has 1 amide bonds. The molecule has 1 heterocycles. The molecule has 0 saturated carbocycles. The molecular formula is C15H18N2O2. The largest absolute Gasteiger partial charge is 0.396 e. The van der Waals surface area contributed by atoms with Crippen LogP contribution in [0, 0.1) is 5.92 Å². The third kappa shape index (κ3) is 2.90. The van der Waals surface area contributed by atoms with Gasteiger partial charge in [0.2, 0.25) is 0 Å². The minimum Gasteiger partial charge on any atom is -0.396 e. The first-order valence-corrected chi connectivity index (χ1v) is 6.39. The highest BCUT2D eigenvalue weighted by Gasteiger charge is 2.16. The second-order valence-electron chi connectivity index (χ2n) is 4.80. The Labute approximate surface area is 112 Å². The molecule has 19 heavy (non-hydrogen) atoms. The zero-order chi connectivity index (χ0) is 13.8. The monoisotopic (exact) mass is 258 g/mol. The summed E-state index contributed by atoms with van der Waals surface area (Å²) in [7, 11) is 0. The van der Waals surface area contributed by atoms with Crippen LogP contribution in [0.3, 0.4) is 0 Å². The van der Waals surface area contributed by atoms with Gasteiger partial charge in [0.15, 0.2) is 0 Å². The van der Waals surface area contributed by atoms with E-state index in [0.717, 1.165) is 5.39 Å². The number of hydrogen-bond donors (Lipinski definition) is 2. The molecule has 1 aromatic carbocycles. The topological polar surface area (TPSA) is 62.2 Å². The van der Waals surface area contributed by atoms with Gasteiger partial charge in [-0.1, -0.05) is 25.1 Å². The average molecular weight is 258 g/mol. The van der Waals surface area contributed by atoms with Gasteiger partial charge in [-0.25, -0.2) is 0 Å². The lowest BCUT2D eigenvalue weighted by Crippen LogP contribution is -2.38. The molecule has 100 valence electrons. The molecule has 4 nitrogen and oxygen atoms in total. The van der Waals surface area contributed by atoms with Gasteiger partial charge in [0, 0.05) is 24.2 Å². The number of amides is 1. The van der Waals surface area contributed by atoms with Crippen molar-refractivity contribution in [3.05, 3.63) is 42.1 Å². The Hall–Kier alpha value is -1.94. The molecule has 0 spiro atoms. The van der Waals surface area contributed by atoms with Gasteiger partial charge in [-0.15, -0.1) is 0 Å². The molecule has 2 N–H and O–H groups in total. The van der Waals surface area contributed by atoms with Crippen molar-refractivity contribution in [3.63, 3.8) is 0 Å². The summed E-state index contributed by atoms with van der Waals surface area (Å²) >= 11 is 0. The van der Waals surface area contributed by atoms with Gasteiger partial charge in [-0.3, -0.25) is 9.78 Å². The molecule has 0 saturated heterocycles. The number of aromatic nitrogens is 1. The van der Waals surface area contributed by atoms with Gasteiger partial charge in [-0.2, -0.15) is 0 Å². The number of benzene rings is 1. The third-order valence-electron chi connectivity index (χ3n) is 3.38. The number of nitrogens with zero attached hydrogens (tertiary/aromatic N) is 1. The molecule has 0 aliphatic rings. The second-order valence-corrected chi connectivity index (χ2v) is 4.80. The first-order chi connectivity index (χ1) is 9.13. The molecular weight excluding hydrogens is 240 g/mol. The summed E-state index contributed by atoms with van der Waals surface area (Å²) in [5, 5.41) is 12.9. The van der Waals surface area contributed by atoms with Crippen molar-refractivity contribution in [1.82, 2.24) is 10.3 Å². The van der Waals surface area contributed by atoms with Crippen molar-refractivity contribution < 1.29 is 9.90 Å². The summed E-state index contributed by atoms with van der Waals surface area (Å²) in [6, 6.07) is 9.23. The van der Waals surface area contributed by atoms with Crippen molar-refractivity contribution in [3.8, 4) is 0 Å². The van der Waals surface area contributed by atoms with Crippen LogP contribution in [0.5, 0.6) is 0 Å². The maximum absolute atomic E-state index is 12.3. The third-order valence-corrected chi connectivity index (χ3v) is 3.38. The van der Waals surface area contributed by atoms with Crippen LogP contribution in [0.25, 0.3) is 10.9 Å². The molecule has 0 aliphatic heterocycles. The van der Waals surface area contributed by atoms with Gasteiger partial charge >= 0.3 is 0 Å². The van der Waals surface area contributed by atoms with Crippen molar-refractivity contribution >= 4 is 16.8 Å². The Kier molecular flexibility index (Phi) is 4.12. The first kappa shape index (κ1) is 13.5. The highest BCUT2D eigenvalue weighted by atomic mass is 16.3. The van der Waals surface area contributed by atoms with Gasteiger partial charge in [-0.05, 0) is 25.0 Å². The standard InChI is InChI=1S/C15H18N2O2/c1-10(9-18)11(2)17-15(19)13-7-3-5-12-6-4-8-16-14(12)13/h3-8,10-11,18H,9H2,1-2H3,(H,17,19). The summed E-state index contributed by atoms with van der Waals surface area (Å²) in [6.07, 6.45) is 1.68. The molecule has 2 rings (SSSR count). The number of aliphatic hydroxyl groups excluding tert-OH is 1. The summed E-state index contributed by atoms with van der Waals surface area (Å²) in [4.78, 5) is 16.5. The Bertz CT molecular complexity index is 578. The predicted molar refractivity (Wildman–Crippen MR) is 74.9 cm³/mol. The van der Waals surface area contributed by atoms with Crippen molar-refractivity contribution in [2.45, 2.75) is 19.9 Å². The number of carbonyl (C=O) groups excluding carboxylic acids is 1. The quantitative estimate of drug-likeness (QED) is 0.881. The van der Waals surface area contributed by atoms with Crippen molar-refractivity contribution in [1.29, 1.82) is 0 Å². The number of aliphatic hydroxyl groups is 1. The highest BCUT2D eigenvalue weighted by Crippen LogP contribution is 2.16. The van der Waals surface area contributed by atoms with Crippen LogP contribution in [-0.4, -0.2) is 28.6 Å². The normalized spacial score (nSPS) is 14.1. The summed E-state index contributed by atoms with van der Waals surface area (Å²) < 4.78 is 0. The lowest BCUT2D eigenvalue weighted by atomic mass is 10.0. The molecule has 4 heteroatoms. The number of carbonyl (C=O) groups is 1. The molecule has 0 aliphatic carbocycles. The fourth-order valence-electron chi connectivity index (χ4n) is 1.87. The van der Waals surface area contributed by atoms with Crippen LogP contribution >= 0.6 is 0 Å². The Morgan fingerprint density at radius 1 is 1.32 bits per heavy atom. The number of hydrogen-bond acceptors (Lipinski definition) is 3. The van der Waals surface area contributed by atoms with E-state index in [9.17, 15) is 4.79 Å². The fraction of sp³-hybridized carbons (Fsp3) is 0.333. The SMILES string of the molecule is CC(CO)C(C)NC(=O)c1cccc2cccnc12. The maximum Gasteiger partial charge on any atom is 0.253 e. The van der Waals surface area contributed by atoms with E-state index in [0.29, 0.717) is 11.1 Å². The maximum atomic E-state index is 12.3. The highest BCUT2D eigenvalue weighted by molar-refractivity contribution is 6.05. The average Bonchev–Trinajstić information content (AvgIpc) is 2.45. The molecule has 2 atom stereocenters. The first-order valence-electron chi connectivity index (χ1n) is 6.39. The fourth-order valence-corrected chi connectivity index (χ4v) is 1.87. The van der Waals surface area contributed by atoms with Crippen molar-refractivity contribution in [2.75, 3.05) is 6.61 Å². The minimum absolute atomic E-state index is 0.0203. The van der Waals surface area contributed by atoms with E-state index in [4.69, 9.17) is 5.11 Å². The van der Waals surface area contributed by atoms with Gasteiger partial charge < -0.3 is 10.4 Å². The van der Waals surface area contributed by atoms with E-state index in [-0.39, 0.29) is 24.5 Å². The van der Waals surface area contributed by atoms with Crippen molar-refractivity contribution in [2.24, 2.45) is 5.92 Å². The molecule has 1 aromatic heterocycles. The van der Waals surface area contributed by atoms with E-state index in [1.807, 2.05) is 38.1 Å². The Balaban J connectivity index is 2.27. The Morgan fingerprint density at radius 2 is 2.05 bits per heavy atom. The number of rotatable bonds is 4. The predicted octanol–water partition coefficient (Wildman–Crippen LogP) is 1.98. The van der Waals surface area contributed by atoms with Crippen LogP contribution < -0.4 is 5.32 Å². The number of pyridine rings is 1. The van der Waals surface area contributed by atoms with Crippen LogP contribution in [-0.2, 0) is 0 Å². The Morgan fingerprint density at radius 3 is 2.79 bits per heavy atom. The molecule has 2 aromatic rings. The lowest BCUT2D eigenvalue weighted by molar-refractivity contribution is 0.0918. The van der Waals surface area contributed by atoms with Gasteiger partial charge in [0.25, 0.3) is 5.91 Å². The van der Waals surface area contributed by atoms with Gasteiger partial charge in [0.1, 0.15) is 0 Å². The summed E-state index contributed by atoms with van der Waals surface area (Å²) in [6.45, 7) is 3.83. The zero-order valence-corrected chi connectivity index (χ0v) is 11.1. The molecule has 2 unspecified atom stereocenters. The molecule has 0 bridgehead atoms. The van der Waals surface area contributed by atoms with E-state index >= 15 is 0 Å². The number of para-hydroxylation sites is 1. The smallest absolute Gasteiger partial charge is 0.253 e. The minimum atomic E-state index is -0.155. The van der Waals surface area contributed by atoms with E-state index < -0.39 is 0 Å². The van der Waals surface area contributed by atoms with Crippen LogP contribution in [0.4, 0.5) is 0 Å². The van der Waals surface area contributed by atoms with E-state index in [2.05, 4.69) is 10.3 Å². The lowest BCUT2D eigenvalue weighted by Gasteiger charge is -2.19. The summed E-state index contributed by atoms with van der Waals surface area (Å²) in [5.41, 5.74) is 1.27. The van der Waals surface area contributed by atoms with Gasteiger partial charge in [0.05, 0.1) is 11.1 Å². The molecule has 0 radical (unpaired) electrons. The zero-order valence-electron chi connectivity index (χ0n) is 11.1. The van der Waals surface area contributed by atoms with Crippen LogP contribution in [0.2, 0.25) is 0 Å². The summed E-state index contributed by atoms with van der Waals surface area (Å²) in [5.74, 6) is -0.135. The van der Waals surface area contributed by atoms with Crippen LogP contribution in [0.1, 0.15) is 24.2 Å². The number of fused-ring (bicyclic) bond motifs is 1. The van der Waals surface area contributed by atoms with Crippen LogP contribution in [0.15, 0.2) is 36.5 Å². The van der Waals surface area contributed by atoms with E-state index in [1.165, 1.54) is 0 Å². The number of nitrogens with one attached hydrogen (secondary N) is 1. The van der Waals surface area contributed by atoms with E-state index in [1.54, 1.807) is 12.3 Å². The second kappa shape index (κ2) is 5.80. The molecule has 0 fully saturated rings.